The standard InChI is InChI=1S/C19H22ClN3O2/c1-12-9-16(17(25-2)10-15(12)20)23-18-8-7-13(11-21-18)19(24)22-14-5-3-4-6-14/h7-11,14H,3-6H2,1-2H3,(H,21,23)(H,22,24). The SMILES string of the molecule is COc1cc(Cl)c(C)cc1Nc1ccc(C(=O)NC2CCCC2)cn1. The van der Waals surface area contributed by atoms with E-state index < -0.39 is 0 Å². The average molecular weight is 360 g/mol. The molecular weight excluding hydrogens is 338 g/mol. The van der Waals surface area contributed by atoms with Gasteiger partial charge in [-0.05, 0) is 43.5 Å². The first kappa shape index (κ1) is 17.5. The maximum Gasteiger partial charge on any atom is 0.253 e. The minimum atomic E-state index is -0.0640. The number of benzene rings is 1. The fourth-order valence-electron chi connectivity index (χ4n) is 3.01. The van der Waals surface area contributed by atoms with Crippen LogP contribution in [0.15, 0.2) is 30.5 Å². The van der Waals surface area contributed by atoms with Crippen molar-refractivity contribution in [2.75, 3.05) is 12.4 Å². The maximum absolute atomic E-state index is 12.2. The number of amides is 1. The Morgan fingerprint density at radius 2 is 2.04 bits per heavy atom. The van der Waals surface area contributed by atoms with Crippen LogP contribution in [-0.2, 0) is 0 Å². The van der Waals surface area contributed by atoms with Crippen molar-refractivity contribution < 1.29 is 9.53 Å². The zero-order valence-electron chi connectivity index (χ0n) is 14.4. The summed E-state index contributed by atoms with van der Waals surface area (Å²) in [5.74, 6) is 1.21. The average Bonchev–Trinajstić information content (AvgIpc) is 3.11. The summed E-state index contributed by atoms with van der Waals surface area (Å²) in [6.07, 6.45) is 6.09. The largest absolute Gasteiger partial charge is 0.495 e. The molecule has 3 rings (SSSR count). The third kappa shape index (κ3) is 4.23. The highest BCUT2D eigenvalue weighted by atomic mass is 35.5. The molecule has 2 N–H and O–H groups in total. The molecule has 5 nitrogen and oxygen atoms in total. The highest BCUT2D eigenvalue weighted by Gasteiger charge is 2.18. The van der Waals surface area contributed by atoms with Gasteiger partial charge in [-0.25, -0.2) is 4.98 Å². The predicted molar refractivity (Wildman–Crippen MR) is 100.0 cm³/mol. The lowest BCUT2D eigenvalue weighted by Crippen LogP contribution is -2.32. The Morgan fingerprint density at radius 3 is 2.68 bits per heavy atom. The molecule has 2 aromatic rings. The van der Waals surface area contributed by atoms with Crippen LogP contribution in [0, 0.1) is 6.92 Å². The maximum atomic E-state index is 12.2. The molecule has 0 aliphatic heterocycles. The zero-order valence-corrected chi connectivity index (χ0v) is 15.2. The Bertz CT molecular complexity index is 756. The molecule has 0 unspecified atom stereocenters. The van der Waals surface area contributed by atoms with Crippen molar-refractivity contribution in [3.05, 3.63) is 46.6 Å². The number of aromatic nitrogens is 1. The van der Waals surface area contributed by atoms with Crippen LogP contribution < -0.4 is 15.4 Å². The minimum absolute atomic E-state index is 0.0640. The number of rotatable bonds is 5. The van der Waals surface area contributed by atoms with Gasteiger partial charge in [0.2, 0.25) is 0 Å². The number of carbonyl (C=O) groups excluding carboxylic acids is 1. The molecule has 1 aromatic heterocycles. The van der Waals surface area contributed by atoms with Crippen LogP contribution in [-0.4, -0.2) is 24.0 Å². The number of carbonyl (C=O) groups is 1. The molecule has 0 atom stereocenters. The number of anilines is 2. The third-order valence-corrected chi connectivity index (χ3v) is 4.87. The molecule has 6 heteroatoms. The number of ether oxygens (including phenoxy) is 1. The van der Waals surface area contributed by atoms with Crippen LogP contribution in [0.3, 0.4) is 0 Å². The van der Waals surface area contributed by atoms with Gasteiger partial charge in [0.25, 0.3) is 5.91 Å². The van der Waals surface area contributed by atoms with Gasteiger partial charge in [0, 0.05) is 23.3 Å². The monoisotopic (exact) mass is 359 g/mol. The molecule has 1 aliphatic carbocycles. The fraction of sp³-hybridized carbons (Fsp3) is 0.368. The predicted octanol–water partition coefficient (Wildman–Crippen LogP) is 4.47. The molecule has 1 saturated carbocycles. The third-order valence-electron chi connectivity index (χ3n) is 4.46. The van der Waals surface area contributed by atoms with Crippen molar-refractivity contribution in [3.63, 3.8) is 0 Å². The van der Waals surface area contributed by atoms with Crippen molar-refractivity contribution in [2.45, 2.75) is 38.6 Å². The number of halogens is 1. The van der Waals surface area contributed by atoms with Gasteiger partial charge < -0.3 is 15.4 Å². The molecular formula is C19H22ClN3O2. The number of methoxy groups -OCH3 is 1. The van der Waals surface area contributed by atoms with Crippen molar-refractivity contribution >= 4 is 29.0 Å². The second kappa shape index (κ2) is 7.74. The summed E-state index contributed by atoms with van der Waals surface area (Å²) >= 11 is 6.13. The minimum Gasteiger partial charge on any atom is -0.495 e. The number of aryl methyl sites for hydroxylation is 1. The van der Waals surface area contributed by atoms with Gasteiger partial charge in [-0.1, -0.05) is 24.4 Å². The van der Waals surface area contributed by atoms with Gasteiger partial charge in [0.05, 0.1) is 18.4 Å². The summed E-state index contributed by atoms with van der Waals surface area (Å²) in [6, 6.07) is 7.53. The zero-order chi connectivity index (χ0) is 17.8. The van der Waals surface area contributed by atoms with Crippen molar-refractivity contribution in [2.24, 2.45) is 0 Å². The number of pyridine rings is 1. The quantitative estimate of drug-likeness (QED) is 0.826. The van der Waals surface area contributed by atoms with Crippen molar-refractivity contribution in [1.29, 1.82) is 0 Å². The first-order valence-electron chi connectivity index (χ1n) is 8.45. The number of hydrogen-bond acceptors (Lipinski definition) is 4. The normalized spacial score (nSPS) is 14.4. The molecule has 1 aliphatic rings. The Hall–Kier alpha value is -2.27. The summed E-state index contributed by atoms with van der Waals surface area (Å²) < 4.78 is 5.35. The Balaban J connectivity index is 1.70. The van der Waals surface area contributed by atoms with Crippen LogP contribution in [0.5, 0.6) is 5.75 Å². The van der Waals surface area contributed by atoms with Gasteiger partial charge in [-0.2, -0.15) is 0 Å². The van der Waals surface area contributed by atoms with Crippen LogP contribution in [0.2, 0.25) is 5.02 Å². The number of nitrogens with zero attached hydrogens (tertiary/aromatic N) is 1. The van der Waals surface area contributed by atoms with Gasteiger partial charge in [-0.3, -0.25) is 4.79 Å². The van der Waals surface area contributed by atoms with E-state index in [-0.39, 0.29) is 5.91 Å². The summed E-state index contributed by atoms with van der Waals surface area (Å²) in [7, 11) is 1.59. The van der Waals surface area contributed by atoms with Crippen molar-refractivity contribution in [1.82, 2.24) is 10.3 Å². The lowest BCUT2D eigenvalue weighted by Gasteiger charge is -2.14. The molecule has 132 valence electrons. The van der Waals surface area contributed by atoms with E-state index in [1.165, 1.54) is 12.8 Å². The lowest BCUT2D eigenvalue weighted by molar-refractivity contribution is 0.0937. The molecule has 1 aromatic carbocycles. The topological polar surface area (TPSA) is 63.2 Å². The molecule has 0 bridgehead atoms. The highest BCUT2D eigenvalue weighted by Crippen LogP contribution is 2.32. The van der Waals surface area contributed by atoms with E-state index >= 15 is 0 Å². The molecule has 0 saturated heterocycles. The lowest BCUT2D eigenvalue weighted by atomic mass is 10.2. The first-order valence-corrected chi connectivity index (χ1v) is 8.82. The summed E-state index contributed by atoms with van der Waals surface area (Å²) in [6.45, 7) is 1.93. The Kier molecular flexibility index (Phi) is 5.43. The van der Waals surface area contributed by atoms with E-state index in [1.54, 1.807) is 31.5 Å². The second-order valence-corrected chi connectivity index (χ2v) is 6.72. The van der Waals surface area contributed by atoms with Gasteiger partial charge in [-0.15, -0.1) is 0 Å². The Morgan fingerprint density at radius 1 is 1.28 bits per heavy atom. The van der Waals surface area contributed by atoms with E-state index in [0.29, 0.717) is 28.2 Å². The van der Waals surface area contributed by atoms with Gasteiger partial charge in [0.15, 0.2) is 0 Å². The highest BCUT2D eigenvalue weighted by molar-refractivity contribution is 6.31. The molecule has 0 spiro atoms. The molecule has 1 amide bonds. The summed E-state index contributed by atoms with van der Waals surface area (Å²) in [5.41, 5.74) is 2.29. The molecule has 0 radical (unpaired) electrons. The molecule has 1 fully saturated rings. The van der Waals surface area contributed by atoms with E-state index in [9.17, 15) is 4.79 Å². The summed E-state index contributed by atoms with van der Waals surface area (Å²) in [5, 5.41) is 6.91. The van der Waals surface area contributed by atoms with Gasteiger partial charge in [0.1, 0.15) is 11.6 Å². The van der Waals surface area contributed by atoms with E-state index in [1.807, 2.05) is 13.0 Å². The van der Waals surface area contributed by atoms with E-state index in [0.717, 1.165) is 24.1 Å². The molecule has 1 heterocycles. The van der Waals surface area contributed by atoms with E-state index in [4.69, 9.17) is 16.3 Å². The number of nitrogens with one attached hydrogen (secondary N) is 2. The van der Waals surface area contributed by atoms with Crippen LogP contribution in [0.1, 0.15) is 41.6 Å². The number of hydrogen-bond donors (Lipinski definition) is 2. The van der Waals surface area contributed by atoms with Crippen molar-refractivity contribution in [3.8, 4) is 5.75 Å². The summed E-state index contributed by atoms with van der Waals surface area (Å²) in [4.78, 5) is 16.6. The smallest absolute Gasteiger partial charge is 0.253 e. The van der Waals surface area contributed by atoms with Crippen LogP contribution in [0.25, 0.3) is 0 Å². The second-order valence-electron chi connectivity index (χ2n) is 6.31. The molecule has 25 heavy (non-hydrogen) atoms. The fourth-order valence-corrected chi connectivity index (χ4v) is 3.16. The van der Waals surface area contributed by atoms with Gasteiger partial charge >= 0.3 is 0 Å². The first-order chi connectivity index (χ1) is 12.1. The Labute approximate surface area is 152 Å². The van der Waals surface area contributed by atoms with Crippen LogP contribution >= 0.6 is 11.6 Å². The van der Waals surface area contributed by atoms with Crippen LogP contribution in [0.4, 0.5) is 11.5 Å². The van der Waals surface area contributed by atoms with E-state index in [2.05, 4.69) is 15.6 Å².